The molecule has 23 heavy (non-hydrogen) atoms. The molecule has 0 heterocycles. The number of anilines is 1. The third-order valence-electron chi connectivity index (χ3n) is 2.98. The summed E-state index contributed by atoms with van der Waals surface area (Å²) in [5, 5.41) is 14.7. The van der Waals surface area contributed by atoms with Crippen LogP contribution in [-0.2, 0) is 0 Å². The van der Waals surface area contributed by atoms with Crippen LogP contribution in [0.25, 0.3) is 0 Å². The number of carbonyl (C=O) groups is 2. The number of ether oxygens (including phenoxy) is 1. The second-order valence-electron chi connectivity index (χ2n) is 4.77. The van der Waals surface area contributed by atoms with Crippen LogP contribution in [0.5, 0.6) is 5.75 Å². The molecule has 0 saturated carbocycles. The molecule has 0 radical (unpaired) electrons. The van der Waals surface area contributed by atoms with E-state index >= 15 is 0 Å². The number of hydrogen-bond acceptors (Lipinski definition) is 4. The molecule has 0 aliphatic heterocycles. The number of rotatable bonds is 8. The Morgan fingerprint density at radius 3 is 2.74 bits per heavy atom. The molecule has 3 amide bonds. The van der Waals surface area contributed by atoms with E-state index in [2.05, 4.69) is 22.5 Å². The first-order chi connectivity index (χ1) is 11.0. The second-order valence-corrected chi connectivity index (χ2v) is 4.77. The minimum Gasteiger partial charge on any atom is -0.495 e. The number of urea groups is 1. The maximum atomic E-state index is 12.0. The van der Waals surface area contributed by atoms with Crippen molar-refractivity contribution in [3.05, 3.63) is 36.0 Å². The van der Waals surface area contributed by atoms with E-state index in [4.69, 9.17) is 10.1 Å². The van der Waals surface area contributed by atoms with E-state index in [1.54, 1.807) is 18.2 Å². The highest BCUT2D eigenvalue weighted by molar-refractivity contribution is 5.98. The number of hydrogen-bond donors (Lipinski definition) is 4. The Balaban J connectivity index is 2.79. The van der Waals surface area contributed by atoms with Crippen molar-refractivity contribution in [3.8, 4) is 5.75 Å². The van der Waals surface area contributed by atoms with Crippen LogP contribution in [0.4, 0.5) is 10.5 Å². The molecule has 124 valence electrons. The van der Waals surface area contributed by atoms with Crippen LogP contribution in [0, 0.1) is 5.41 Å². The van der Waals surface area contributed by atoms with E-state index in [-0.39, 0.29) is 11.6 Å². The summed E-state index contributed by atoms with van der Waals surface area (Å²) in [5.41, 5.74) is 1.02. The Bertz CT molecular complexity index is 599. The maximum absolute atomic E-state index is 12.0. The largest absolute Gasteiger partial charge is 0.495 e. The van der Waals surface area contributed by atoms with Gasteiger partial charge in [0.2, 0.25) is 0 Å². The van der Waals surface area contributed by atoms with Crippen LogP contribution in [0.15, 0.2) is 30.5 Å². The van der Waals surface area contributed by atoms with Crippen LogP contribution >= 0.6 is 0 Å². The van der Waals surface area contributed by atoms with Crippen molar-refractivity contribution in [2.75, 3.05) is 19.0 Å². The molecule has 7 nitrogen and oxygen atoms in total. The van der Waals surface area contributed by atoms with Gasteiger partial charge in [-0.25, -0.2) is 4.79 Å². The smallest absolute Gasteiger partial charge is 0.323 e. The number of allylic oxidation sites excluding steroid dienone is 1. The monoisotopic (exact) mass is 318 g/mol. The zero-order valence-electron chi connectivity index (χ0n) is 13.4. The summed E-state index contributed by atoms with van der Waals surface area (Å²) in [5.74, 6) is 0.175. The fraction of sp³-hybridized carbons (Fsp3) is 0.312. The van der Waals surface area contributed by atoms with E-state index in [9.17, 15) is 9.59 Å². The normalized spacial score (nSPS) is 9.65. The van der Waals surface area contributed by atoms with E-state index in [1.165, 1.54) is 7.11 Å². The van der Waals surface area contributed by atoms with Gasteiger partial charge < -0.3 is 26.1 Å². The van der Waals surface area contributed by atoms with Crippen molar-refractivity contribution >= 4 is 23.8 Å². The topological polar surface area (TPSA) is 103 Å². The second kappa shape index (κ2) is 9.24. The Morgan fingerprint density at radius 2 is 2.13 bits per heavy atom. The molecular formula is C16H22N4O3. The molecule has 0 aliphatic carbocycles. The fourth-order valence-corrected chi connectivity index (χ4v) is 1.75. The van der Waals surface area contributed by atoms with Crippen molar-refractivity contribution < 1.29 is 14.3 Å². The number of carbonyl (C=O) groups excluding carboxylic acids is 2. The Labute approximate surface area is 135 Å². The van der Waals surface area contributed by atoms with Crippen molar-refractivity contribution in [1.82, 2.24) is 10.6 Å². The maximum Gasteiger partial charge on any atom is 0.323 e. The molecule has 0 spiro atoms. The molecule has 1 rings (SSSR count). The molecule has 0 fully saturated rings. The van der Waals surface area contributed by atoms with Gasteiger partial charge in [-0.3, -0.25) is 4.79 Å². The molecular weight excluding hydrogens is 296 g/mol. The lowest BCUT2D eigenvalue weighted by Crippen LogP contribution is -2.28. The highest BCUT2D eigenvalue weighted by Crippen LogP contribution is 2.25. The van der Waals surface area contributed by atoms with Crippen molar-refractivity contribution in [1.29, 1.82) is 5.41 Å². The summed E-state index contributed by atoms with van der Waals surface area (Å²) >= 11 is 0. The predicted octanol–water partition coefficient (Wildman–Crippen LogP) is 2.51. The summed E-state index contributed by atoms with van der Waals surface area (Å²) in [6.45, 7) is 6.14. The predicted molar refractivity (Wildman–Crippen MR) is 90.3 cm³/mol. The van der Waals surface area contributed by atoms with E-state index in [0.717, 1.165) is 19.1 Å². The van der Waals surface area contributed by atoms with E-state index < -0.39 is 6.03 Å². The summed E-state index contributed by atoms with van der Waals surface area (Å²) in [6, 6.07) is 4.20. The third kappa shape index (κ3) is 5.82. The number of unbranched alkanes of at least 4 members (excludes halogenated alkanes) is 1. The summed E-state index contributed by atoms with van der Waals surface area (Å²) < 4.78 is 5.20. The first-order valence-electron chi connectivity index (χ1n) is 7.25. The van der Waals surface area contributed by atoms with Crippen LogP contribution in [0.2, 0.25) is 0 Å². The average Bonchev–Trinajstić information content (AvgIpc) is 2.54. The zero-order valence-corrected chi connectivity index (χ0v) is 13.4. The molecule has 0 atom stereocenters. The summed E-state index contributed by atoms with van der Waals surface area (Å²) in [7, 11) is 1.45. The average molecular weight is 318 g/mol. The van der Waals surface area contributed by atoms with Gasteiger partial charge in [0.15, 0.2) is 0 Å². The van der Waals surface area contributed by atoms with Crippen molar-refractivity contribution in [2.24, 2.45) is 0 Å². The van der Waals surface area contributed by atoms with Gasteiger partial charge in [-0.15, -0.1) is 0 Å². The van der Waals surface area contributed by atoms with E-state index in [0.29, 0.717) is 23.5 Å². The van der Waals surface area contributed by atoms with Gasteiger partial charge in [0.25, 0.3) is 5.91 Å². The van der Waals surface area contributed by atoms with E-state index in [1.807, 2.05) is 6.92 Å². The van der Waals surface area contributed by atoms with Gasteiger partial charge in [-0.1, -0.05) is 19.9 Å². The summed E-state index contributed by atoms with van der Waals surface area (Å²) in [4.78, 5) is 23.7. The van der Waals surface area contributed by atoms with Crippen molar-refractivity contribution in [3.63, 3.8) is 0 Å². The minimum absolute atomic E-state index is 0.161. The van der Waals surface area contributed by atoms with Gasteiger partial charge in [-0.05, 0) is 24.6 Å². The Kier molecular flexibility index (Phi) is 7.32. The molecule has 7 heteroatoms. The molecule has 0 aliphatic rings. The Morgan fingerprint density at radius 1 is 1.39 bits per heavy atom. The number of nitrogens with one attached hydrogen (secondary N) is 4. The number of methoxy groups -OCH3 is 1. The van der Waals surface area contributed by atoms with Crippen LogP contribution in [0.3, 0.4) is 0 Å². The van der Waals surface area contributed by atoms with Crippen LogP contribution < -0.4 is 20.7 Å². The molecule has 0 bridgehead atoms. The highest BCUT2D eigenvalue weighted by Gasteiger charge is 2.12. The lowest BCUT2D eigenvalue weighted by Gasteiger charge is -2.12. The Hall–Kier alpha value is -2.83. The van der Waals surface area contributed by atoms with Crippen LogP contribution in [-0.4, -0.2) is 31.8 Å². The molecule has 1 aromatic carbocycles. The van der Waals surface area contributed by atoms with Gasteiger partial charge in [0, 0.05) is 18.3 Å². The SMILES string of the molecule is C=C(C=N)NC(=O)Nc1ccc(C(=O)NCCCC)cc1OC. The summed E-state index contributed by atoms with van der Waals surface area (Å²) in [6.07, 6.45) is 2.85. The van der Waals surface area contributed by atoms with Gasteiger partial charge >= 0.3 is 6.03 Å². The minimum atomic E-state index is -0.544. The standard InChI is InChI=1S/C16H22N4O3/c1-4-5-8-18-15(21)12-6-7-13(14(9-12)23-3)20-16(22)19-11(2)10-17/h6-7,9-10,17H,2,4-5,8H2,1,3H3,(H,18,21)(H2,19,20,22). The number of amides is 3. The van der Waals surface area contributed by atoms with Gasteiger partial charge in [0.1, 0.15) is 5.75 Å². The molecule has 1 aromatic rings. The molecule has 0 aromatic heterocycles. The first-order valence-corrected chi connectivity index (χ1v) is 7.25. The molecule has 4 N–H and O–H groups in total. The van der Waals surface area contributed by atoms with Gasteiger partial charge in [0.05, 0.1) is 18.5 Å². The highest BCUT2D eigenvalue weighted by atomic mass is 16.5. The lowest BCUT2D eigenvalue weighted by molar-refractivity contribution is 0.0953. The lowest BCUT2D eigenvalue weighted by atomic mass is 10.1. The fourth-order valence-electron chi connectivity index (χ4n) is 1.75. The number of benzene rings is 1. The zero-order chi connectivity index (χ0) is 17.2. The van der Waals surface area contributed by atoms with Crippen LogP contribution in [0.1, 0.15) is 30.1 Å². The molecule has 0 unspecified atom stereocenters. The quantitative estimate of drug-likeness (QED) is 0.437. The van der Waals surface area contributed by atoms with Gasteiger partial charge in [-0.2, -0.15) is 0 Å². The third-order valence-corrected chi connectivity index (χ3v) is 2.98. The first kappa shape index (κ1) is 18.2. The van der Waals surface area contributed by atoms with Crippen molar-refractivity contribution in [2.45, 2.75) is 19.8 Å². The molecule has 0 saturated heterocycles.